The topological polar surface area (TPSA) is 18.5 Å². The van der Waals surface area contributed by atoms with Crippen molar-refractivity contribution in [3.05, 3.63) is 88.5 Å². The number of hydrogen-bond donors (Lipinski definition) is 0. The Balaban J connectivity index is 1.60. The van der Waals surface area contributed by atoms with Gasteiger partial charge >= 0.3 is 8.38 Å². The SMILES string of the molecule is Cc1ccc(P2Oc3cccc4c3C3(CC4)CCc4cccc(c43)O2)cc1. The summed E-state index contributed by atoms with van der Waals surface area (Å²) >= 11 is 0. The first-order chi connectivity index (χ1) is 13.2. The second-order valence-electron chi connectivity index (χ2n) is 7.94. The van der Waals surface area contributed by atoms with Gasteiger partial charge in [-0.25, -0.2) is 0 Å². The highest BCUT2D eigenvalue weighted by Crippen LogP contribution is 2.61. The molecule has 0 atom stereocenters. The quantitative estimate of drug-likeness (QED) is 0.519. The van der Waals surface area contributed by atoms with Crippen molar-refractivity contribution >= 4 is 13.7 Å². The fourth-order valence-corrected chi connectivity index (χ4v) is 6.53. The van der Waals surface area contributed by atoms with Crippen molar-refractivity contribution in [2.45, 2.75) is 38.0 Å². The molecule has 0 radical (unpaired) electrons. The molecular formula is C24H21O2P. The van der Waals surface area contributed by atoms with E-state index >= 15 is 0 Å². The van der Waals surface area contributed by atoms with Crippen molar-refractivity contribution in [3.8, 4) is 11.5 Å². The Morgan fingerprint density at radius 2 is 1.30 bits per heavy atom. The summed E-state index contributed by atoms with van der Waals surface area (Å²) in [5.74, 6) is 2.05. The first-order valence-electron chi connectivity index (χ1n) is 9.72. The Labute approximate surface area is 161 Å². The Morgan fingerprint density at radius 1 is 0.741 bits per heavy atom. The zero-order valence-electron chi connectivity index (χ0n) is 15.4. The van der Waals surface area contributed by atoms with Gasteiger partial charge in [-0.1, -0.05) is 42.0 Å². The first-order valence-corrected chi connectivity index (χ1v) is 10.9. The molecule has 1 spiro atoms. The molecule has 0 saturated carbocycles. The molecule has 0 fully saturated rings. The monoisotopic (exact) mass is 372 g/mol. The number of hydrogen-bond acceptors (Lipinski definition) is 2. The van der Waals surface area contributed by atoms with Crippen LogP contribution in [0.3, 0.4) is 0 Å². The number of rotatable bonds is 1. The van der Waals surface area contributed by atoms with Crippen LogP contribution in [0.5, 0.6) is 11.5 Å². The van der Waals surface area contributed by atoms with Crippen molar-refractivity contribution in [2.75, 3.05) is 0 Å². The molecule has 0 N–H and O–H groups in total. The maximum Gasteiger partial charge on any atom is 0.326 e. The highest BCUT2D eigenvalue weighted by atomic mass is 31.2. The van der Waals surface area contributed by atoms with Crippen LogP contribution in [-0.4, -0.2) is 0 Å². The van der Waals surface area contributed by atoms with Crippen LogP contribution in [0.1, 0.15) is 40.7 Å². The molecule has 1 heterocycles. The Kier molecular flexibility index (Phi) is 3.26. The lowest BCUT2D eigenvalue weighted by Gasteiger charge is -2.34. The minimum Gasteiger partial charge on any atom is -0.435 e. The zero-order valence-corrected chi connectivity index (χ0v) is 16.3. The fourth-order valence-electron chi connectivity index (χ4n) is 5.22. The first kappa shape index (κ1) is 15.7. The number of benzene rings is 3. The minimum atomic E-state index is -1.21. The molecule has 3 heteroatoms. The predicted molar refractivity (Wildman–Crippen MR) is 109 cm³/mol. The van der Waals surface area contributed by atoms with Crippen molar-refractivity contribution < 1.29 is 9.05 Å². The van der Waals surface area contributed by atoms with Gasteiger partial charge in [-0.15, -0.1) is 0 Å². The molecule has 1 aliphatic heterocycles. The lowest BCUT2D eigenvalue weighted by Crippen LogP contribution is -2.25. The molecule has 0 aromatic heterocycles. The van der Waals surface area contributed by atoms with Crippen molar-refractivity contribution in [3.63, 3.8) is 0 Å². The Morgan fingerprint density at radius 3 is 1.85 bits per heavy atom. The average Bonchev–Trinajstić information content (AvgIpc) is 3.24. The van der Waals surface area contributed by atoms with Gasteiger partial charge in [0.2, 0.25) is 0 Å². The molecule has 0 bridgehead atoms. The Hall–Kier alpha value is -2.31. The van der Waals surface area contributed by atoms with Crippen molar-refractivity contribution in [2.24, 2.45) is 0 Å². The third-order valence-corrected chi connectivity index (χ3v) is 7.88. The van der Waals surface area contributed by atoms with Crippen LogP contribution < -0.4 is 14.4 Å². The largest absolute Gasteiger partial charge is 0.435 e. The lowest BCUT2D eigenvalue weighted by molar-refractivity contribution is 0.432. The highest BCUT2D eigenvalue weighted by Gasteiger charge is 2.50. The van der Waals surface area contributed by atoms with Gasteiger partial charge in [0.05, 0.1) is 5.30 Å². The lowest BCUT2D eigenvalue weighted by atomic mass is 9.76. The van der Waals surface area contributed by atoms with E-state index < -0.39 is 8.38 Å². The van der Waals surface area contributed by atoms with Crippen LogP contribution in [0.4, 0.5) is 0 Å². The third kappa shape index (κ3) is 2.17. The summed E-state index contributed by atoms with van der Waals surface area (Å²) in [7, 11) is -1.21. The molecule has 27 heavy (non-hydrogen) atoms. The van der Waals surface area contributed by atoms with E-state index in [9.17, 15) is 0 Å². The minimum absolute atomic E-state index is 0.0759. The molecule has 134 valence electrons. The van der Waals surface area contributed by atoms with Gasteiger partial charge in [0, 0.05) is 16.5 Å². The molecule has 0 amide bonds. The maximum absolute atomic E-state index is 6.60. The summed E-state index contributed by atoms with van der Waals surface area (Å²) < 4.78 is 13.2. The van der Waals surface area contributed by atoms with Crippen LogP contribution in [0.25, 0.3) is 0 Å². The Bertz CT molecular complexity index is 991. The fraction of sp³-hybridized carbons (Fsp3) is 0.250. The zero-order chi connectivity index (χ0) is 18.0. The van der Waals surface area contributed by atoms with Gasteiger partial charge in [0.25, 0.3) is 0 Å². The van der Waals surface area contributed by atoms with E-state index in [0.717, 1.165) is 29.6 Å². The van der Waals surface area contributed by atoms with E-state index in [4.69, 9.17) is 9.05 Å². The predicted octanol–water partition coefficient (Wildman–Crippen LogP) is 5.58. The van der Waals surface area contributed by atoms with Crippen LogP contribution in [-0.2, 0) is 18.3 Å². The van der Waals surface area contributed by atoms with Gasteiger partial charge in [0.1, 0.15) is 11.5 Å². The summed E-state index contributed by atoms with van der Waals surface area (Å²) in [5, 5.41) is 1.12. The molecule has 3 aromatic carbocycles. The second-order valence-corrected chi connectivity index (χ2v) is 9.33. The average molecular weight is 372 g/mol. The van der Waals surface area contributed by atoms with Crippen LogP contribution in [0, 0.1) is 6.92 Å². The van der Waals surface area contributed by atoms with E-state index in [1.165, 1.54) is 40.7 Å². The smallest absolute Gasteiger partial charge is 0.326 e. The third-order valence-electron chi connectivity index (χ3n) is 6.43. The van der Waals surface area contributed by atoms with Crippen molar-refractivity contribution in [1.82, 2.24) is 0 Å². The summed E-state index contributed by atoms with van der Waals surface area (Å²) in [6, 6.07) is 21.7. The molecule has 0 unspecified atom stereocenters. The maximum atomic E-state index is 6.60. The van der Waals surface area contributed by atoms with Gasteiger partial charge in [-0.2, -0.15) is 0 Å². The normalized spacial score (nSPS) is 18.7. The molecule has 2 nitrogen and oxygen atoms in total. The highest BCUT2D eigenvalue weighted by molar-refractivity contribution is 7.56. The van der Waals surface area contributed by atoms with E-state index in [1.807, 2.05) is 0 Å². The second kappa shape index (κ2) is 5.59. The van der Waals surface area contributed by atoms with Crippen molar-refractivity contribution in [1.29, 1.82) is 0 Å². The van der Waals surface area contributed by atoms with Crippen LogP contribution in [0.15, 0.2) is 60.7 Å². The van der Waals surface area contributed by atoms with Crippen LogP contribution >= 0.6 is 8.38 Å². The van der Waals surface area contributed by atoms with Gasteiger partial charge in [-0.05, 0) is 68.0 Å². The van der Waals surface area contributed by atoms with E-state index in [0.29, 0.717) is 0 Å². The summed E-state index contributed by atoms with van der Waals surface area (Å²) in [4.78, 5) is 0. The molecule has 3 aliphatic rings. The molecule has 3 aromatic rings. The summed E-state index contributed by atoms with van der Waals surface area (Å²) in [6.45, 7) is 2.11. The molecule has 6 rings (SSSR count). The summed E-state index contributed by atoms with van der Waals surface area (Å²) in [6.07, 6.45) is 4.59. The van der Waals surface area contributed by atoms with Gasteiger partial charge in [0.15, 0.2) is 0 Å². The van der Waals surface area contributed by atoms with Crippen LogP contribution in [0.2, 0.25) is 0 Å². The molecule has 0 saturated heterocycles. The van der Waals surface area contributed by atoms with Gasteiger partial charge in [-0.3, -0.25) is 0 Å². The summed E-state index contributed by atoms with van der Waals surface area (Å²) in [5.41, 5.74) is 7.10. The molecule has 2 aliphatic carbocycles. The number of aryl methyl sites for hydroxylation is 3. The van der Waals surface area contributed by atoms with Gasteiger partial charge < -0.3 is 9.05 Å². The standard InChI is InChI=1S/C24H21O2P/c1-16-8-10-19(11-9-16)27-25-20-6-2-4-17-12-14-24(22(17)20)15-13-18-5-3-7-21(26-27)23(18)24/h2-11H,12-15H2,1H3. The van der Waals surface area contributed by atoms with E-state index in [2.05, 4.69) is 67.6 Å². The van der Waals surface area contributed by atoms with E-state index in [1.54, 1.807) is 0 Å². The van der Waals surface area contributed by atoms with E-state index in [-0.39, 0.29) is 5.41 Å². The molecular weight excluding hydrogens is 351 g/mol.